The molecule has 0 aliphatic carbocycles. The topological polar surface area (TPSA) is 66.9 Å². The lowest BCUT2D eigenvalue weighted by atomic mass is 10.2. The molecule has 2 aromatic rings. The number of nitrogens with zero attached hydrogens (tertiary/aromatic N) is 2. The van der Waals surface area contributed by atoms with Gasteiger partial charge in [0.25, 0.3) is 0 Å². The third-order valence-electron chi connectivity index (χ3n) is 2.97. The zero-order valence-corrected chi connectivity index (χ0v) is 16.0. The summed E-state index contributed by atoms with van der Waals surface area (Å²) in [5, 5.41) is 17.1. The average Bonchev–Trinajstić information content (AvgIpc) is 3.16. The predicted molar refractivity (Wildman–Crippen MR) is 99.6 cm³/mol. The van der Waals surface area contributed by atoms with E-state index in [0.717, 1.165) is 22.4 Å². The van der Waals surface area contributed by atoms with Gasteiger partial charge in [-0.05, 0) is 30.7 Å². The molecule has 1 atom stereocenters. The van der Waals surface area contributed by atoms with Crippen molar-refractivity contribution in [2.75, 3.05) is 18.4 Å². The average molecular weight is 371 g/mol. The van der Waals surface area contributed by atoms with Gasteiger partial charge in [0, 0.05) is 18.0 Å². The van der Waals surface area contributed by atoms with E-state index in [9.17, 15) is 4.79 Å². The van der Waals surface area contributed by atoms with E-state index in [1.54, 1.807) is 11.3 Å². The Bertz CT molecular complexity index is 598. The molecule has 0 spiro atoms. The Morgan fingerprint density at radius 2 is 2.17 bits per heavy atom. The number of carbonyl (C=O) groups excluding carboxylic acids is 1. The summed E-state index contributed by atoms with van der Waals surface area (Å²) in [7, 11) is 0. The molecule has 0 aromatic carbocycles. The van der Waals surface area contributed by atoms with Gasteiger partial charge in [0.15, 0.2) is 4.34 Å². The summed E-state index contributed by atoms with van der Waals surface area (Å²) in [6.45, 7) is 7.73. The van der Waals surface area contributed by atoms with Gasteiger partial charge in [-0.1, -0.05) is 43.0 Å². The van der Waals surface area contributed by atoms with Crippen molar-refractivity contribution in [3.05, 3.63) is 22.4 Å². The molecule has 2 rings (SSSR count). The second kappa shape index (κ2) is 9.24. The first kappa shape index (κ1) is 18.2. The number of aromatic nitrogens is 2. The lowest BCUT2D eigenvalue weighted by Gasteiger charge is -2.09. The van der Waals surface area contributed by atoms with E-state index in [-0.39, 0.29) is 11.2 Å². The van der Waals surface area contributed by atoms with Gasteiger partial charge >= 0.3 is 0 Å². The Hall–Kier alpha value is -1.12. The van der Waals surface area contributed by atoms with Crippen LogP contribution in [0.5, 0.6) is 0 Å². The monoisotopic (exact) mass is 370 g/mol. The van der Waals surface area contributed by atoms with E-state index in [1.165, 1.54) is 28.0 Å². The molecule has 1 amide bonds. The maximum atomic E-state index is 12.1. The van der Waals surface area contributed by atoms with Crippen molar-refractivity contribution in [2.24, 2.45) is 5.92 Å². The van der Waals surface area contributed by atoms with Gasteiger partial charge in [-0.15, -0.1) is 21.5 Å². The standard InChI is InChI=1S/C15H22N4OS3/c1-10(2)9-17-14-18-19-15(23-14)22-11(3)13(20)16-7-6-12-5-4-8-21-12/h4-5,8,10-11H,6-7,9H2,1-3H3,(H,16,20)(H,17,18). The highest BCUT2D eigenvalue weighted by Gasteiger charge is 2.16. The van der Waals surface area contributed by atoms with Crippen molar-refractivity contribution >= 4 is 45.5 Å². The highest BCUT2D eigenvalue weighted by Crippen LogP contribution is 2.29. The van der Waals surface area contributed by atoms with Crippen LogP contribution < -0.4 is 10.6 Å². The number of carbonyl (C=O) groups is 1. The van der Waals surface area contributed by atoms with E-state index >= 15 is 0 Å². The normalized spacial score (nSPS) is 12.3. The minimum absolute atomic E-state index is 0.0402. The molecular formula is C15H22N4OS3. The van der Waals surface area contributed by atoms with Crippen LogP contribution in [0.3, 0.4) is 0 Å². The summed E-state index contributed by atoms with van der Waals surface area (Å²) in [6, 6.07) is 4.11. The van der Waals surface area contributed by atoms with Crippen LogP contribution in [0.2, 0.25) is 0 Å². The second-order valence-corrected chi connectivity index (χ2v) is 9.13. The summed E-state index contributed by atoms with van der Waals surface area (Å²) in [5.41, 5.74) is 0. The molecule has 2 heterocycles. The fourth-order valence-electron chi connectivity index (χ4n) is 1.73. The zero-order chi connectivity index (χ0) is 16.7. The van der Waals surface area contributed by atoms with Crippen LogP contribution in [-0.4, -0.2) is 34.4 Å². The highest BCUT2D eigenvalue weighted by molar-refractivity contribution is 8.02. The third-order valence-corrected chi connectivity index (χ3v) is 5.97. The summed E-state index contributed by atoms with van der Waals surface area (Å²) < 4.78 is 0.817. The molecular weight excluding hydrogens is 348 g/mol. The Kier molecular flexibility index (Phi) is 7.32. The van der Waals surface area contributed by atoms with Crippen molar-refractivity contribution in [1.82, 2.24) is 15.5 Å². The van der Waals surface area contributed by atoms with Crippen molar-refractivity contribution in [3.63, 3.8) is 0 Å². The van der Waals surface area contributed by atoms with E-state index in [4.69, 9.17) is 0 Å². The van der Waals surface area contributed by atoms with Crippen LogP contribution in [0.25, 0.3) is 0 Å². The van der Waals surface area contributed by atoms with Gasteiger partial charge in [-0.2, -0.15) is 0 Å². The second-order valence-electron chi connectivity index (χ2n) is 5.53. The largest absolute Gasteiger partial charge is 0.360 e. The number of rotatable bonds is 9. The first-order chi connectivity index (χ1) is 11.0. The fourth-order valence-corrected chi connectivity index (χ4v) is 4.37. The summed E-state index contributed by atoms with van der Waals surface area (Å²) in [4.78, 5) is 13.4. The molecule has 0 aliphatic rings. The number of hydrogen-bond acceptors (Lipinski definition) is 7. The fraction of sp³-hybridized carbons (Fsp3) is 0.533. The van der Waals surface area contributed by atoms with Gasteiger partial charge in [-0.3, -0.25) is 4.79 Å². The van der Waals surface area contributed by atoms with Crippen molar-refractivity contribution in [3.8, 4) is 0 Å². The summed E-state index contributed by atoms with van der Waals surface area (Å²) >= 11 is 4.66. The van der Waals surface area contributed by atoms with Crippen LogP contribution in [0.15, 0.2) is 21.9 Å². The SMILES string of the molecule is CC(C)CNc1nnc(SC(C)C(=O)NCCc2cccs2)s1. The molecule has 2 N–H and O–H groups in total. The molecule has 0 saturated heterocycles. The predicted octanol–water partition coefficient (Wildman–Crippen LogP) is 3.51. The minimum atomic E-state index is -0.177. The molecule has 5 nitrogen and oxygen atoms in total. The number of thiophene rings is 1. The number of anilines is 1. The molecule has 8 heteroatoms. The molecule has 23 heavy (non-hydrogen) atoms. The molecule has 0 saturated carbocycles. The zero-order valence-electron chi connectivity index (χ0n) is 13.5. The lowest BCUT2D eigenvalue weighted by Crippen LogP contribution is -2.32. The first-order valence-electron chi connectivity index (χ1n) is 7.58. The van der Waals surface area contributed by atoms with Crippen molar-refractivity contribution in [2.45, 2.75) is 36.8 Å². The van der Waals surface area contributed by atoms with Crippen molar-refractivity contribution in [1.29, 1.82) is 0 Å². The van der Waals surface area contributed by atoms with E-state index < -0.39 is 0 Å². The van der Waals surface area contributed by atoms with Gasteiger partial charge in [-0.25, -0.2) is 0 Å². The third kappa shape index (κ3) is 6.48. The van der Waals surface area contributed by atoms with Gasteiger partial charge in [0.05, 0.1) is 5.25 Å². The molecule has 1 unspecified atom stereocenters. The molecule has 2 aromatic heterocycles. The summed E-state index contributed by atoms with van der Waals surface area (Å²) in [5.74, 6) is 0.599. The van der Waals surface area contributed by atoms with Crippen LogP contribution in [0.4, 0.5) is 5.13 Å². The first-order valence-corrected chi connectivity index (χ1v) is 10.2. The van der Waals surface area contributed by atoms with Gasteiger partial charge in [0.1, 0.15) is 0 Å². The van der Waals surface area contributed by atoms with Crippen molar-refractivity contribution < 1.29 is 4.79 Å². The number of amides is 1. The number of nitrogens with one attached hydrogen (secondary N) is 2. The van der Waals surface area contributed by atoms with Gasteiger partial charge in [0.2, 0.25) is 11.0 Å². The smallest absolute Gasteiger partial charge is 0.233 e. The maximum Gasteiger partial charge on any atom is 0.233 e. The molecule has 0 radical (unpaired) electrons. The lowest BCUT2D eigenvalue weighted by molar-refractivity contribution is -0.120. The summed E-state index contributed by atoms with van der Waals surface area (Å²) in [6.07, 6.45) is 0.878. The van der Waals surface area contributed by atoms with E-state index in [2.05, 4.69) is 46.1 Å². The Labute approximate surface area is 149 Å². The van der Waals surface area contributed by atoms with E-state index in [0.29, 0.717) is 12.5 Å². The van der Waals surface area contributed by atoms with E-state index in [1.807, 2.05) is 13.0 Å². The Morgan fingerprint density at radius 3 is 2.87 bits per heavy atom. The van der Waals surface area contributed by atoms with Crippen LogP contribution in [0.1, 0.15) is 25.6 Å². The quantitative estimate of drug-likeness (QED) is 0.661. The number of thioether (sulfide) groups is 1. The molecule has 0 aliphatic heterocycles. The molecule has 0 fully saturated rings. The molecule has 0 bridgehead atoms. The number of hydrogen-bond donors (Lipinski definition) is 2. The molecule has 126 valence electrons. The van der Waals surface area contributed by atoms with Gasteiger partial charge < -0.3 is 10.6 Å². The highest BCUT2D eigenvalue weighted by atomic mass is 32.2. The van der Waals surface area contributed by atoms with Crippen LogP contribution in [0, 0.1) is 5.92 Å². The Balaban J connectivity index is 1.72. The Morgan fingerprint density at radius 1 is 1.35 bits per heavy atom. The minimum Gasteiger partial charge on any atom is -0.360 e. The van der Waals surface area contributed by atoms with Crippen LogP contribution >= 0.6 is 34.4 Å². The maximum absolute atomic E-state index is 12.1. The van der Waals surface area contributed by atoms with Crippen LogP contribution in [-0.2, 0) is 11.2 Å².